The summed E-state index contributed by atoms with van der Waals surface area (Å²) in [4.78, 5) is 15.9. The number of rotatable bonds is 3. The molecule has 0 saturated heterocycles. The summed E-state index contributed by atoms with van der Waals surface area (Å²) in [6.45, 7) is 0.321. The summed E-state index contributed by atoms with van der Waals surface area (Å²) in [6, 6.07) is 8.37. The van der Waals surface area contributed by atoms with Crippen LogP contribution in [0.25, 0.3) is 10.9 Å². The lowest BCUT2D eigenvalue weighted by molar-refractivity contribution is -0.137. The minimum Gasteiger partial charge on any atom is -0.464 e. The van der Waals surface area contributed by atoms with E-state index in [1.54, 1.807) is 29.1 Å². The molecule has 0 unspecified atom stereocenters. The first kappa shape index (κ1) is 16.0. The van der Waals surface area contributed by atoms with Crippen molar-refractivity contribution in [3.63, 3.8) is 0 Å². The Morgan fingerprint density at radius 2 is 1.88 bits per heavy atom. The number of aromatic nitrogens is 2. The Morgan fingerprint density at radius 1 is 1.17 bits per heavy atom. The second-order valence-electron chi connectivity index (χ2n) is 5.23. The number of fused-ring (bicyclic) bond motifs is 1. The molecule has 0 N–H and O–H groups in total. The van der Waals surface area contributed by atoms with Crippen LogP contribution in [-0.4, -0.2) is 22.6 Å². The van der Waals surface area contributed by atoms with Gasteiger partial charge < -0.3 is 9.30 Å². The van der Waals surface area contributed by atoms with Gasteiger partial charge >= 0.3 is 12.1 Å². The molecule has 0 atom stereocenters. The Labute approximate surface area is 135 Å². The Morgan fingerprint density at radius 3 is 2.50 bits per heavy atom. The van der Waals surface area contributed by atoms with Crippen molar-refractivity contribution in [2.45, 2.75) is 12.7 Å². The van der Waals surface area contributed by atoms with Gasteiger partial charge in [-0.3, -0.25) is 4.98 Å². The molecule has 3 rings (SSSR count). The van der Waals surface area contributed by atoms with Gasteiger partial charge in [0.15, 0.2) is 0 Å². The van der Waals surface area contributed by atoms with Gasteiger partial charge in [-0.15, -0.1) is 0 Å². The molecule has 124 valence electrons. The molecule has 0 bridgehead atoms. The molecule has 0 radical (unpaired) electrons. The summed E-state index contributed by atoms with van der Waals surface area (Å²) in [7, 11) is 1.23. The van der Waals surface area contributed by atoms with Crippen molar-refractivity contribution in [1.82, 2.24) is 9.55 Å². The third kappa shape index (κ3) is 2.97. The maximum Gasteiger partial charge on any atom is 0.416 e. The molecule has 3 aromatic rings. The fourth-order valence-corrected chi connectivity index (χ4v) is 2.56. The minimum atomic E-state index is -4.44. The Kier molecular flexibility index (Phi) is 4.01. The number of carbonyl (C=O) groups excluding carboxylic acids is 1. The number of methoxy groups -OCH3 is 1. The zero-order valence-electron chi connectivity index (χ0n) is 12.7. The van der Waals surface area contributed by atoms with Crippen molar-refractivity contribution in [1.29, 1.82) is 0 Å². The Hall–Kier alpha value is -2.83. The number of benzene rings is 1. The molecule has 0 aliphatic heterocycles. The molecule has 0 saturated carbocycles. The van der Waals surface area contributed by atoms with Crippen molar-refractivity contribution in [2.24, 2.45) is 0 Å². The first-order valence-electron chi connectivity index (χ1n) is 7.08. The molecule has 24 heavy (non-hydrogen) atoms. The van der Waals surface area contributed by atoms with Gasteiger partial charge in [-0.2, -0.15) is 13.2 Å². The van der Waals surface area contributed by atoms with Gasteiger partial charge in [0.2, 0.25) is 0 Å². The summed E-state index contributed by atoms with van der Waals surface area (Å²) in [5.74, 6) is -0.603. The van der Waals surface area contributed by atoms with E-state index in [1.807, 2.05) is 0 Å². The van der Waals surface area contributed by atoms with Gasteiger partial charge in [-0.1, -0.05) is 0 Å². The van der Waals surface area contributed by atoms with Crippen LogP contribution in [-0.2, 0) is 17.5 Å². The van der Waals surface area contributed by atoms with E-state index in [0.717, 1.165) is 17.7 Å². The lowest BCUT2D eigenvalue weighted by Crippen LogP contribution is -2.11. The van der Waals surface area contributed by atoms with E-state index in [0.29, 0.717) is 17.4 Å². The zero-order valence-corrected chi connectivity index (χ0v) is 12.7. The molecule has 0 spiro atoms. The van der Waals surface area contributed by atoms with Crippen molar-refractivity contribution in [2.75, 3.05) is 7.11 Å². The highest BCUT2D eigenvalue weighted by Gasteiger charge is 2.31. The van der Waals surface area contributed by atoms with E-state index in [2.05, 4.69) is 4.98 Å². The van der Waals surface area contributed by atoms with E-state index in [1.165, 1.54) is 19.2 Å². The average Bonchev–Trinajstić information content (AvgIpc) is 2.92. The third-order valence-electron chi connectivity index (χ3n) is 3.71. The van der Waals surface area contributed by atoms with Gasteiger partial charge in [-0.25, -0.2) is 4.79 Å². The number of ether oxygens (including phenoxy) is 1. The largest absolute Gasteiger partial charge is 0.464 e. The van der Waals surface area contributed by atoms with Crippen molar-refractivity contribution in [3.05, 3.63) is 65.6 Å². The Bertz CT molecular complexity index is 886. The van der Waals surface area contributed by atoms with Gasteiger partial charge in [0, 0.05) is 29.8 Å². The summed E-state index contributed by atoms with van der Waals surface area (Å²) >= 11 is 0. The summed E-state index contributed by atoms with van der Waals surface area (Å²) in [5, 5.41) is 0.333. The lowest BCUT2D eigenvalue weighted by Gasteiger charge is -2.10. The monoisotopic (exact) mass is 334 g/mol. The number of carbonyl (C=O) groups is 1. The van der Waals surface area contributed by atoms with Crippen LogP contribution >= 0.6 is 0 Å². The fourth-order valence-electron chi connectivity index (χ4n) is 2.56. The van der Waals surface area contributed by atoms with Crippen LogP contribution in [0.2, 0.25) is 0 Å². The molecule has 7 heteroatoms. The number of pyridine rings is 1. The average molecular weight is 334 g/mol. The van der Waals surface area contributed by atoms with Crippen LogP contribution in [0, 0.1) is 0 Å². The molecular weight excluding hydrogens is 321 g/mol. The van der Waals surface area contributed by atoms with Gasteiger partial charge in [-0.05, 0) is 42.0 Å². The number of alkyl halides is 3. The predicted octanol–water partition coefficient (Wildman–Crippen LogP) is 3.89. The second kappa shape index (κ2) is 5.99. The second-order valence-corrected chi connectivity index (χ2v) is 5.23. The summed E-state index contributed by atoms with van der Waals surface area (Å²) in [5.41, 5.74) is 0.837. The van der Waals surface area contributed by atoms with Crippen LogP contribution in [0.1, 0.15) is 21.6 Å². The van der Waals surface area contributed by atoms with E-state index < -0.39 is 17.7 Å². The van der Waals surface area contributed by atoms with Crippen LogP contribution in [0.15, 0.2) is 48.8 Å². The highest BCUT2D eigenvalue weighted by Crippen LogP contribution is 2.32. The summed E-state index contributed by atoms with van der Waals surface area (Å²) in [6.07, 6.45) is -1.21. The predicted molar refractivity (Wildman–Crippen MR) is 81.6 cm³/mol. The molecule has 2 heterocycles. The SMILES string of the molecule is COC(=O)c1cc2cc(C(F)(F)F)ccc2n1Cc1ccncc1. The number of hydrogen-bond donors (Lipinski definition) is 0. The zero-order chi connectivity index (χ0) is 17.3. The number of halogens is 3. The van der Waals surface area contributed by atoms with Crippen LogP contribution in [0.4, 0.5) is 13.2 Å². The number of esters is 1. The maximum absolute atomic E-state index is 12.9. The van der Waals surface area contributed by atoms with Gasteiger partial charge in [0.25, 0.3) is 0 Å². The molecule has 1 aromatic carbocycles. The molecular formula is C17H13F3N2O2. The highest BCUT2D eigenvalue weighted by molar-refractivity contribution is 5.96. The van der Waals surface area contributed by atoms with E-state index in [-0.39, 0.29) is 5.69 Å². The standard InChI is InChI=1S/C17H13F3N2O2/c1-24-16(23)15-9-12-8-13(17(18,19)20)2-3-14(12)22(15)10-11-4-6-21-7-5-11/h2-9H,10H2,1H3. The van der Waals surface area contributed by atoms with E-state index in [9.17, 15) is 18.0 Å². The minimum absolute atomic E-state index is 0.198. The number of nitrogens with zero attached hydrogens (tertiary/aromatic N) is 2. The quantitative estimate of drug-likeness (QED) is 0.683. The van der Waals surface area contributed by atoms with Crippen LogP contribution in [0.3, 0.4) is 0 Å². The van der Waals surface area contributed by atoms with E-state index >= 15 is 0 Å². The lowest BCUT2D eigenvalue weighted by atomic mass is 10.1. The van der Waals surface area contributed by atoms with Gasteiger partial charge in [0.1, 0.15) is 5.69 Å². The van der Waals surface area contributed by atoms with Crippen molar-refractivity contribution < 1.29 is 22.7 Å². The molecule has 2 aromatic heterocycles. The van der Waals surface area contributed by atoms with Gasteiger partial charge in [0.05, 0.1) is 12.7 Å². The highest BCUT2D eigenvalue weighted by atomic mass is 19.4. The number of hydrogen-bond acceptors (Lipinski definition) is 3. The maximum atomic E-state index is 12.9. The fraction of sp³-hybridized carbons (Fsp3) is 0.176. The smallest absolute Gasteiger partial charge is 0.416 e. The van der Waals surface area contributed by atoms with Crippen LogP contribution in [0.5, 0.6) is 0 Å². The van der Waals surface area contributed by atoms with Crippen molar-refractivity contribution in [3.8, 4) is 0 Å². The molecule has 0 aliphatic rings. The third-order valence-corrected chi connectivity index (χ3v) is 3.71. The van der Waals surface area contributed by atoms with Crippen molar-refractivity contribution >= 4 is 16.9 Å². The molecule has 0 amide bonds. The first-order chi connectivity index (χ1) is 11.4. The van der Waals surface area contributed by atoms with E-state index in [4.69, 9.17) is 4.74 Å². The molecule has 0 fully saturated rings. The Balaban J connectivity index is 2.15. The topological polar surface area (TPSA) is 44.1 Å². The molecule has 0 aliphatic carbocycles. The van der Waals surface area contributed by atoms with Crippen LogP contribution < -0.4 is 0 Å². The molecule has 4 nitrogen and oxygen atoms in total. The summed E-state index contributed by atoms with van der Waals surface area (Å²) < 4.78 is 45.1. The normalized spacial score (nSPS) is 11.7. The first-order valence-corrected chi connectivity index (χ1v) is 7.08.